The van der Waals surface area contributed by atoms with Crippen LogP contribution >= 0.6 is 0 Å². The minimum Gasteiger partial charge on any atom is -0.444 e. The molecule has 2 bridgehead atoms. The van der Waals surface area contributed by atoms with Crippen molar-refractivity contribution in [2.75, 3.05) is 13.2 Å². The second-order valence-corrected chi connectivity index (χ2v) is 5.96. The van der Waals surface area contributed by atoms with Crippen LogP contribution in [-0.2, 0) is 9.47 Å². The summed E-state index contributed by atoms with van der Waals surface area (Å²) in [4.78, 5) is 14.0. The Morgan fingerprint density at radius 2 is 1.82 bits per heavy atom. The molecule has 1 amide bonds. The normalized spacial score (nSPS) is 33.4. The van der Waals surface area contributed by atoms with Crippen LogP contribution in [0.1, 0.15) is 33.6 Å². The lowest BCUT2D eigenvalue weighted by Crippen LogP contribution is -2.62. The molecule has 0 saturated carbocycles. The van der Waals surface area contributed by atoms with Crippen LogP contribution in [0.5, 0.6) is 0 Å². The van der Waals surface area contributed by atoms with Gasteiger partial charge in [0.2, 0.25) is 0 Å². The van der Waals surface area contributed by atoms with Gasteiger partial charge in [-0.05, 0) is 33.6 Å². The van der Waals surface area contributed by atoms with Crippen molar-refractivity contribution in [3.05, 3.63) is 0 Å². The molecule has 0 unspecified atom stereocenters. The average molecular weight is 242 g/mol. The highest BCUT2D eigenvalue weighted by molar-refractivity contribution is 5.69. The fourth-order valence-corrected chi connectivity index (χ4v) is 2.57. The zero-order valence-corrected chi connectivity index (χ0v) is 10.8. The van der Waals surface area contributed by atoms with E-state index in [9.17, 15) is 4.79 Å². The molecule has 5 heteroatoms. The molecule has 0 radical (unpaired) electrons. The van der Waals surface area contributed by atoms with Gasteiger partial charge >= 0.3 is 6.09 Å². The van der Waals surface area contributed by atoms with Gasteiger partial charge in [-0.25, -0.2) is 4.79 Å². The van der Waals surface area contributed by atoms with Crippen LogP contribution in [0.2, 0.25) is 0 Å². The second-order valence-electron chi connectivity index (χ2n) is 5.96. The molecule has 17 heavy (non-hydrogen) atoms. The third-order valence-corrected chi connectivity index (χ3v) is 3.16. The van der Waals surface area contributed by atoms with Crippen molar-refractivity contribution >= 4 is 6.09 Å². The zero-order chi connectivity index (χ0) is 12.6. The summed E-state index contributed by atoms with van der Waals surface area (Å²) < 4.78 is 10.9. The Bertz CT molecular complexity index is 287. The van der Waals surface area contributed by atoms with Crippen LogP contribution in [0.25, 0.3) is 0 Å². The number of carbonyl (C=O) groups excluding carboxylic acids is 1. The molecule has 2 aliphatic rings. The Morgan fingerprint density at radius 3 is 2.29 bits per heavy atom. The van der Waals surface area contributed by atoms with Gasteiger partial charge < -0.3 is 15.2 Å². The molecule has 0 aromatic carbocycles. The van der Waals surface area contributed by atoms with Crippen LogP contribution in [0.15, 0.2) is 0 Å². The molecular formula is C12H22N2O3. The number of hydrogen-bond donors (Lipinski definition) is 1. The standard InChI is InChI=1S/C12H22N2O3/c1-12(2,3)17-11(15)14-9-4-8(13)5-10(14)7-16-6-9/h8-10H,4-7,13H2,1-3H3/t8-,9-,10+. The van der Waals surface area contributed by atoms with E-state index in [2.05, 4.69) is 0 Å². The van der Waals surface area contributed by atoms with E-state index < -0.39 is 5.60 Å². The largest absolute Gasteiger partial charge is 0.444 e. The van der Waals surface area contributed by atoms with E-state index in [1.807, 2.05) is 25.7 Å². The van der Waals surface area contributed by atoms with Crippen molar-refractivity contribution in [2.24, 2.45) is 5.73 Å². The first-order valence-corrected chi connectivity index (χ1v) is 6.21. The molecule has 98 valence electrons. The molecule has 5 nitrogen and oxygen atoms in total. The maximum absolute atomic E-state index is 12.1. The number of ether oxygens (including phenoxy) is 2. The van der Waals surface area contributed by atoms with Gasteiger partial charge in [-0.15, -0.1) is 0 Å². The topological polar surface area (TPSA) is 64.8 Å². The van der Waals surface area contributed by atoms with Gasteiger partial charge in [0, 0.05) is 6.04 Å². The van der Waals surface area contributed by atoms with Crippen LogP contribution in [0.3, 0.4) is 0 Å². The Morgan fingerprint density at radius 1 is 1.29 bits per heavy atom. The summed E-state index contributed by atoms with van der Waals surface area (Å²) in [5.41, 5.74) is 5.53. The minimum absolute atomic E-state index is 0.0762. The monoisotopic (exact) mass is 242 g/mol. The van der Waals surface area contributed by atoms with Gasteiger partial charge in [0.15, 0.2) is 0 Å². The first-order chi connectivity index (χ1) is 7.87. The highest BCUT2D eigenvalue weighted by atomic mass is 16.6. The van der Waals surface area contributed by atoms with Gasteiger partial charge in [-0.1, -0.05) is 0 Å². The number of morpholine rings is 1. The molecule has 2 heterocycles. The quantitative estimate of drug-likeness (QED) is 0.691. The van der Waals surface area contributed by atoms with Gasteiger partial charge in [0.05, 0.1) is 25.3 Å². The molecule has 3 atom stereocenters. The van der Waals surface area contributed by atoms with E-state index in [1.165, 1.54) is 0 Å². The maximum Gasteiger partial charge on any atom is 0.410 e. The summed E-state index contributed by atoms with van der Waals surface area (Å²) in [5, 5.41) is 0. The smallest absolute Gasteiger partial charge is 0.410 e. The van der Waals surface area contributed by atoms with E-state index in [4.69, 9.17) is 15.2 Å². The van der Waals surface area contributed by atoms with Crippen molar-refractivity contribution in [3.8, 4) is 0 Å². The van der Waals surface area contributed by atoms with Gasteiger partial charge in [-0.3, -0.25) is 4.90 Å². The number of fused-ring (bicyclic) bond motifs is 2. The summed E-state index contributed by atoms with van der Waals surface area (Å²) in [6.45, 7) is 6.79. The highest BCUT2D eigenvalue weighted by Gasteiger charge is 2.42. The maximum atomic E-state index is 12.1. The molecule has 0 aliphatic carbocycles. The SMILES string of the molecule is CC(C)(C)OC(=O)N1[C@@H]2COC[C@H]1C[C@@H](N)C2. The van der Waals surface area contributed by atoms with Crippen molar-refractivity contribution in [3.63, 3.8) is 0 Å². The summed E-state index contributed by atoms with van der Waals surface area (Å²) in [5.74, 6) is 0. The van der Waals surface area contributed by atoms with E-state index in [1.54, 1.807) is 0 Å². The number of carbonyl (C=O) groups is 1. The Hall–Kier alpha value is -0.810. The van der Waals surface area contributed by atoms with Crippen LogP contribution < -0.4 is 5.73 Å². The summed E-state index contributed by atoms with van der Waals surface area (Å²) in [6, 6.07) is 0.326. The molecule has 2 aliphatic heterocycles. The van der Waals surface area contributed by atoms with Crippen LogP contribution in [0, 0.1) is 0 Å². The summed E-state index contributed by atoms with van der Waals surface area (Å²) in [7, 11) is 0. The lowest BCUT2D eigenvalue weighted by atomic mass is 9.91. The summed E-state index contributed by atoms with van der Waals surface area (Å²) >= 11 is 0. The molecule has 0 aromatic heterocycles. The summed E-state index contributed by atoms with van der Waals surface area (Å²) in [6.07, 6.45) is 1.37. The molecule has 2 N–H and O–H groups in total. The molecular weight excluding hydrogens is 220 g/mol. The van der Waals surface area contributed by atoms with Gasteiger partial charge in [0.25, 0.3) is 0 Å². The molecule has 0 aromatic rings. The lowest BCUT2D eigenvalue weighted by molar-refractivity contribution is -0.0817. The van der Waals surface area contributed by atoms with Crippen LogP contribution in [-0.4, -0.2) is 47.9 Å². The van der Waals surface area contributed by atoms with E-state index in [-0.39, 0.29) is 24.2 Å². The van der Waals surface area contributed by atoms with Gasteiger partial charge in [-0.2, -0.15) is 0 Å². The minimum atomic E-state index is -0.453. The van der Waals surface area contributed by atoms with E-state index in [0.717, 1.165) is 12.8 Å². The molecule has 2 saturated heterocycles. The van der Waals surface area contributed by atoms with Crippen LogP contribution in [0.4, 0.5) is 4.79 Å². The third kappa shape index (κ3) is 2.90. The first-order valence-electron chi connectivity index (χ1n) is 6.21. The average Bonchev–Trinajstić information content (AvgIpc) is 2.12. The fourth-order valence-electron chi connectivity index (χ4n) is 2.57. The first kappa shape index (κ1) is 12.6. The predicted octanol–water partition coefficient (Wildman–Crippen LogP) is 1.11. The number of rotatable bonds is 0. The second kappa shape index (κ2) is 4.46. The number of hydrogen-bond acceptors (Lipinski definition) is 4. The molecule has 2 rings (SSSR count). The number of amides is 1. The number of nitrogens with zero attached hydrogens (tertiary/aromatic N) is 1. The van der Waals surface area contributed by atoms with Crippen molar-refractivity contribution < 1.29 is 14.3 Å². The predicted molar refractivity (Wildman–Crippen MR) is 63.7 cm³/mol. The highest BCUT2D eigenvalue weighted by Crippen LogP contribution is 2.28. The van der Waals surface area contributed by atoms with E-state index in [0.29, 0.717) is 13.2 Å². The van der Waals surface area contributed by atoms with Crippen molar-refractivity contribution in [1.29, 1.82) is 0 Å². The lowest BCUT2D eigenvalue weighted by Gasteiger charge is -2.47. The fraction of sp³-hybridized carbons (Fsp3) is 0.917. The number of piperidine rings is 1. The number of nitrogens with two attached hydrogens (primary N) is 1. The Kier molecular flexibility index (Phi) is 3.32. The van der Waals surface area contributed by atoms with Crippen molar-refractivity contribution in [1.82, 2.24) is 4.90 Å². The Labute approximate surface area is 102 Å². The Balaban J connectivity index is 2.07. The third-order valence-electron chi connectivity index (χ3n) is 3.16. The van der Waals surface area contributed by atoms with E-state index >= 15 is 0 Å². The molecule has 0 spiro atoms. The zero-order valence-electron chi connectivity index (χ0n) is 10.8. The van der Waals surface area contributed by atoms with Gasteiger partial charge in [0.1, 0.15) is 5.60 Å². The van der Waals surface area contributed by atoms with Crippen molar-refractivity contribution in [2.45, 2.75) is 57.3 Å². The molecule has 2 fully saturated rings.